The molecular weight excluding hydrogens is 314 g/mol. The van der Waals surface area contributed by atoms with Crippen molar-refractivity contribution in [3.8, 4) is 0 Å². The van der Waals surface area contributed by atoms with Crippen LogP contribution in [0.1, 0.15) is 32.1 Å². The van der Waals surface area contributed by atoms with E-state index in [0.29, 0.717) is 37.8 Å². The minimum absolute atomic E-state index is 0.00520. The maximum atomic E-state index is 12.5. The molecule has 3 amide bonds. The molecule has 23 heavy (non-hydrogen) atoms. The molecule has 0 aromatic heterocycles. The number of nitrogens with zero attached hydrogens (tertiary/aromatic N) is 3. The molecule has 0 spiro atoms. The Bertz CT molecular complexity index is 471. The molecule has 0 atom stereocenters. The zero-order chi connectivity index (χ0) is 16.2. The van der Waals surface area contributed by atoms with Crippen molar-refractivity contribution in [2.75, 3.05) is 44.4 Å². The van der Waals surface area contributed by atoms with Gasteiger partial charge in [0, 0.05) is 32.1 Å². The van der Waals surface area contributed by atoms with Crippen LogP contribution in [0.25, 0.3) is 0 Å². The number of carbonyl (C=O) groups is 3. The standard InChI is InChI=1S/C16H25N3O3S/c20-14(10-19-12-23-11-15(19)21)17-6-8-18(9-7-17)16(22)13-4-2-1-3-5-13/h13H,1-12H2. The molecule has 0 radical (unpaired) electrons. The van der Waals surface area contributed by atoms with Gasteiger partial charge in [-0.25, -0.2) is 0 Å². The summed E-state index contributed by atoms with van der Waals surface area (Å²) in [6.45, 7) is 2.62. The first-order chi connectivity index (χ1) is 11.1. The Morgan fingerprint density at radius 3 is 2.26 bits per heavy atom. The van der Waals surface area contributed by atoms with Crippen LogP contribution in [0, 0.1) is 5.92 Å². The monoisotopic (exact) mass is 339 g/mol. The Labute approximate surface area is 141 Å². The van der Waals surface area contributed by atoms with Crippen LogP contribution in [0.3, 0.4) is 0 Å². The van der Waals surface area contributed by atoms with Crippen molar-refractivity contribution in [3.63, 3.8) is 0 Å². The first kappa shape index (κ1) is 16.6. The van der Waals surface area contributed by atoms with Gasteiger partial charge in [-0.05, 0) is 12.8 Å². The van der Waals surface area contributed by atoms with Gasteiger partial charge in [0.05, 0.1) is 11.6 Å². The average Bonchev–Trinajstić information content (AvgIpc) is 3.00. The van der Waals surface area contributed by atoms with E-state index in [-0.39, 0.29) is 30.2 Å². The van der Waals surface area contributed by atoms with Crippen molar-refractivity contribution in [1.29, 1.82) is 0 Å². The van der Waals surface area contributed by atoms with Crippen LogP contribution in [0.15, 0.2) is 0 Å². The molecule has 3 rings (SSSR count). The van der Waals surface area contributed by atoms with E-state index in [0.717, 1.165) is 25.7 Å². The number of amides is 3. The predicted molar refractivity (Wildman–Crippen MR) is 88.8 cm³/mol. The molecular formula is C16H25N3O3S. The second-order valence-corrected chi connectivity index (χ2v) is 7.57. The number of piperazine rings is 1. The fourth-order valence-electron chi connectivity index (χ4n) is 3.59. The number of rotatable bonds is 3. The minimum Gasteiger partial charge on any atom is -0.339 e. The van der Waals surface area contributed by atoms with Crippen molar-refractivity contribution in [3.05, 3.63) is 0 Å². The van der Waals surface area contributed by atoms with Crippen LogP contribution in [0.2, 0.25) is 0 Å². The van der Waals surface area contributed by atoms with E-state index in [9.17, 15) is 14.4 Å². The number of hydrogen-bond acceptors (Lipinski definition) is 4. The van der Waals surface area contributed by atoms with E-state index < -0.39 is 0 Å². The highest BCUT2D eigenvalue weighted by molar-refractivity contribution is 8.00. The fourth-order valence-corrected chi connectivity index (χ4v) is 4.49. The van der Waals surface area contributed by atoms with E-state index in [4.69, 9.17) is 0 Å². The Kier molecular flexibility index (Phi) is 5.46. The summed E-state index contributed by atoms with van der Waals surface area (Å²) in [4.78, 5) is 41.7. The van der Waals surface area contributed by atoms with Crippen LogP contribution in [-0.2, 0) is 14.4 Å². The van der Waals surface area contributed by atoms with Gasteiger partial charge < -0.3 is 14.7 Å². The van der Waals surface area contributed by atoms with Gasteiger partial charge in [-0.1, -0.05) is 19.3 Å². The summed E-state index contributed by atoms with van der Waals surface area (Å²) in [6, 6.07) is 0. The first-order valence-corrected chi connectivity index (χ1v) is 9.72. The quantitative estimate of drug-likeness (QED) is 0.762. The van der Waals surface area contributed by atoms with Crippen molar-refractivity contribution in [1.82, 2.24) is 14.7 Å². The summed E-state index contributed by atoms with van der Waals surface area (Å²) >= 11 is 1.55. The molecule has 2 aliphatic heterocycles. The average molecular weight is 339 g/mol. The SMILES string of the molecule is O=C(CN1CSCC1=O)N1CCN(C(=O)C2CCCCC2)CC1. The van der Waals surface area contributed by atoms with Crippen LogP contribution in [0.4, 0.5) is 0 Å². The van der Waals surface area contributed by atoms with Crippen LogP contribution < -0.4 is 0 Å². The molecule has 2 heterocycles. The summed E-state index contributed by atoms with van der Waals surface area (Å²) in [6.07, 6.45) is 5.62. The Morgan fingerprint density at radius 2 is 1.65 bits per heavy atom. The Balaban J connectivity index is 1.45. The lowest BCUT2D eigenvalue weighted by molar-refractivity contribution is -0.144. The lowest BCUT2D eigenvalue weighted by Gasteiger charge is -2.37. The zero-order valence-electron chi connectivity index (χ0n) is 13.5. The lowest BCUT2D eigenvalue weighted by Crippen LogP contribution is -2.53. The van der Waals surface area contributed by atoms with Crippen molar-refractivity contribution < 1.29 is 14.4 Å². The highest BCUT2D eigenvalue weighted by Gasteiger charge is 2.31. The molecule has 3 aliphatic rings. The molecule has 3 fully saturated rings. The van der Waals surface area contributed by atoms with E-state index in [2.05, 4.69) is 0 Å². The van der Waals surface area contributed by atoms with Gasteiger partial charge in [0.1, 0.15) is 6.54 Å². The molecule has 128 valence electrons. The van der Waals surface area contributed by atoms with E-state index >= 15 is 0 Å². The van der Waals surface area contributed by atoms with E-state index in [1.54, 1.807) is 21.6 Å². The van der Waals surface area contributed by atoms with Gasteiger partial charge in [-0.3, -0.25) is 14.4 Å². The molecule has 0 bridgehead atoms. The third kappa shape index (κ3) is 4.00. The number of thioether (sulfide) groups is 1. The molecule has 1 saturated carbocycles. The maximum absolute atomic E-state index is 12.5. The molecule has 6 nitrogen and oxygen atoms in total. The third-order valence-electron chi connectivity index (χ3n) is 5.05. The summed E-state index contributed by atoms with van der Waals surface area (Å²) < 4.78 is 0. The maximum Gasteiger partial charge on any atom is 0.242 e. The molecule has 0 unspecified atom stereocenters. The van der Waals surface area contributed by atoms with Gasteiger partial charge in [0.2, 0.25) is 17.7 Å². The van der Waals surface area contributed by atoms with Gasteiger partial charge >= 0.3 is 0 Å². The van der Waals surface area contributed by atoms with Gasteiger partial charge in [-0.2, -0.15) is 0 Å². The Hall–Kier alpha value is -1.24. The zero-order valence-corrected chi connectivity index (χ0v) is 14.4. The van der Waals surface area contributed by atoms with Gasteiger partial charge in [-0.15, -0.1) is 11.8 Å². The molecule has 1 aliphatic carbocycles. The Morgan fingerprint density at radius 1 is 1.00 bits per heavy atom. The van der Waals surface area contributed by atoms with Crippen LogP contribution in [-0.4, -0.2) is 76.8 Å². The van der Waals surface area contributed by atoms with E-state index in [1.165, 1.54) is 6.42 Å². The van der Waals surface area contributed by atoms with Gasteiger partial charge in [0.25, 0.3) is 0 Å². The van der Waals surface area contributed by atoms with Crippen molar-refractivity contribution >= 4 is 29.5 Å². The lowest BCUT2D eigenvalue weighted by atomic mass is 9.88. The van der Waals surface area contributed by atoms with E-state index in [1.807, 2.05) is 4.90 Å². The second-order valence-electron chi connectivity index (χ2n) is 6.61. The predicted octanol–water partition coefficient (Wildman–Crippen LogP) is 0.770. The first-order valence-electron chi connectivity index (χ1n) is 8.57. The summed E-state index contributed by atoms with van der Waals surface area (Å²) in [5, 5.41) is 0. The summed E-state index contributed by atoms with van der Waals surface area (Å²) in [5.41, 5.74) is 0. The molecule has 7 heteroatoms. The molecule has 2 saturated heterocycles. The third-order valence-corrected chi connectivity index (χ3v) is 6.00. The largest absolute Gasteiger partial charge is 0.339 e. The molecule has 0 N–H and O–H groups in total. The molecule has 0 aromatic rings. The van der Waals surface area contributed by atoms with Crippen molar-refractivity contribution in [2.45, 2.75) is 32.1 Å². The molecule has 0 aromatic carbocycles. The second kappa shape index (κ2) is 7.55. The van der Waals surface area contributed by atoms with Crippen molar-refractivity contribution in [2.24, 2.45) is 5.92 Å². The highest BCUT2D eigenvalue weighted by atomic mass is 32.2. The smallest absolute Gasteiger partial charge is 0.242 e. The normalized spacial score (nSPS) is 23.5. The topological polar surface area (TPSA) is 60.9 Å². The summed E-state index contributed by atoms with van der Waals surface area (Å²) in [5.74, 6) is 1.63. The highest BCUT2D eigenvalue weighted by Crippen LogP contribution is 2.25. The fraction of sp³-hybridized carbons (Fsp3) is 0.812. The number of carbonyl (C=O) groups excluding carboxylic acids is 3. The number of hydrogen-bond donors (Lipinski definition) is 0. The van der Waals surface area contributed by atoms with Crippen LogP contribution in [0.5, 0.6) is 0 Å². The van der Waals surface area contributed by atoms with Gasteiger partial charge in [0.15, 0.2) is 0 Å². The summed E-state index contributed by atoms with van der Waals surface area (Å²) in [7, 11) is 0. The minimum atomic E-state index is 0.00520. The van der Waals surface area contributed by atoms with Crippen LogP contribution >= 0.6 is 11.8 Å².